The molecule has 278 valence electrons. The number of benzene rings is 3. The van der Waals surface area contributed by atoms with Crippen LogP contribution in [0.3, 0.4) is 0 Å². The van der Waals surface area contributed by atoms with Crippen LogP contribution in [0.5, 0.6) is 0 Å². The number of aromatic nitrogens is 1. The molecule has 0 saturated carbocycles. The van der Waals surface area contributed by atoms with Crippen LogP contribution in [0.2, 0.25) is 0 Å². The monoisotopic (exact) mass is 719 g/mol. The Balaban J connectivity index is 1.31. The van der Waals surface area contributed by atoms with Gasteiger partial charge in [-0.15, -0.1) is 0 Å². The number of nitrogens with one attached hydrogen (secondary N) is 2. The number of hydrogen-bond acceptors (Lipinski definition) is 8. The Hall–Kier alpha value is -5.10. The van der Waals surface area contributed by atoms with Crippen LogP contribution in [-0.2, 0) is 33.7 Å². The average Bonchev–Trinajstić information content (AvgIpc) is 3.60. The summed E-state index contributed by atoms with van der Waals surface area (Å²) in [6, 6.07) is 29.4. The molecule has 11 nitrogen and oxygen atoms in total. The molecule has 53 heavy (non-hydrogen) atoms. The second-order valence-electron chi connectivity index (χ2n) is 15.2. The Morgan fingerprint density at radius 1 is 0.962 bits per heavy atom. The van der Waals surface area contributed by atoms with Gasteiger partial charge in [-0.1, -0.05) is 106 Å². The standard InChI is InChI=1S/C42H49N5O6/c1-41(2,3)37(44-40(52)53-4)38(50)45-46(26-29-17-19-30(20-18-29)33-16-10-11-22-43-33)23-21-42(25-28-12-6-5-7-13-28)35(49)27-47(39(42)51)36-32-15-9-8-14-31(32)24-34(36)48/h5-20,22,34-37,48-49H,21,23-27H2,1-4H3,(H,44,52)(H,45,50)/t34-,35+,36+,37-,42+/m1/s1. The van der Waals surface area contributed by atoms with Crippen molar-refractivity contribution in [2.75, 3.05) is 20.2 Å². The van der Waals surface area contributed by atoms with Crippen molar-refractivity contribution in [2.45, 2.75) is 70.9 Å². The molecule has 3 amide bonds. The molecule has 11 heteroatoms. The van der Waals surface area contributed by atoms with Gasteiger partial charge in [0, 0.05) is 37.8 Å². The number of nitrogens with zero attached hydrogens (tertiary/aromatic N) is 3. The number of β-amino-alcohol motifs (C(OH)–C–C–N with tert-alkyl or cyclic N) is 1. The van der Waals surface area contributed by atoms with E-state index in [-0.39, 0.29) is 38.4 Å². The van der Waals surface area contributed by atoms with E-state index in [2.05, 4.69) is 15.7 Å². The quantitative estimate of drug-likeness (QED) is 0.153. The molecule has 2 aliphatic rings. The molecule has 1 aliphatic heterocycles. The van der Waals surface area contributed by atoms with Crippen molar-refractivity contribution < 1.29 is 29.3 Å². The molecule has 0 unspecified atom stereocenters. The van der Waals surface area contributed by atoms with Gasteiger partial charge in [0.25, 0.3) is 5.91 Å². The molecule has 4 N–H and O–H groups in total. The smallest absolute Gasteiger partial charge is 0.407 e. The summed E-state index contributed by atoms with van der Waals surface area (Å²) in [7, 11) is 1.25. The van der Waals surface area contributed by atoms with Gasteiger partial charge in [0.2, 0.25) is 5.91 Å². The summed E-state index contributed by atoms with van der Waals surface area (Å²) >= 11 is 0. The number of pyridine rings is 1. The zero-order valence-electron chi connectivity index (χ0n) is 30.7. The van der Waals surface area contributed by atoms with E-state index in [9.17, 15) is 24.6 Å². The van der Waals surface area contributed by atoms with Gasteiger partial charge < -0.3 is 25.2 Å². The van der Waals surface area contributed by atoms with E-state index in [0.29, 0.717) is 6.42 Å². The Morgan fingerprint density at radius 3 is 2.34 bits per heavy atom. The average molecular weight is 720 g/mol. The highest BCUT2D eigenvalue weighted by Gasteiger charge is 2.56. The highest BCUT2D eigenvalue weighted by atomic mass is 16.5. The Kier molecular flexibility index (Phi) is 11.3. The largest absolute Gasteiger partial charge is 0.453 e. The highest BCUT2D eigenvalue weighted by molar-refractivity contribution is 5.87. The molecule has 0 radical (unpaired) electrons. The van der Waals surface area contributed by atoms with Crippen molar-refractivity contribution in [1.82, 2.24) is 25.6 Å². The lowest BCUT2D eigenvalue weighted by atomic mass is 9.75. The second-order valence-corrected chi connectivity index (χ2v) is 15.2. The molecule has 4 aromatic rings. The molecule has 1 aliphatic carbocycles. The number of hydrogen-bond donors (Lipinski definition) is 4. The third-order valence-electron chi connectivity index (χ3n) is 10.5. The molecule has 0 bridgehead atoms. The number of aliphatic hydroxyl groups excluding tert-OH is 2. The van der Waals surface area contributed by atoms with Crippen molar-refractivity contribution in [2.24, 2.45) is 10.8 Å². The first-order chi connectivity index (χ1) is 25.4. The van der Waals surface area contributed by atoms with Gasteiger partial charge in [0.05, 0.1) is 36.5 Å². The summed E-state index contributed by atoms with van der Waals surface area (Å²) in [6.45, 7) is 6.07. The molecule has 2 heterocycles. The van der Waals surface area contributed by atoms with Crippen LogP contribution in [0, 0.1) is 10.8 Å². The summed E-state index contributed by atoms with van der Waals surface area (Å²) in [5.74, 6) is -0.684. The predicted molar refractivity (Wildman–Crippen MR) is 201 cm³/mol. The normalized spacial score (nSPS) is 21.7. The lowest BCUT2D eigenvalue weighted by Gasteiger charge is -2.36. The highest BCUT2D eigenvalue weighted by Crippen LogP contribution is 2.46. The van der Waals surface area contributed by atoms with Gasteiger partial charge in [-0.25, -0.2) is 9.80 Å². The molecule has 1 aromatic heterocycles. The molecule has 1 saturated heterocycles. The number of aliphatic hydroxyl groups is 2. The van der Waals surface area contributed by atoms with E-state index in [4.69, 9.17) is 4.74 Å². The van der Waals surface area contributed by atoms with Gasteiger partial charge >= 0.3 is 6.09 Å². The minimum absolute atomic E-state index is 0.0677. The van der Waals surface area contributed by atoms with Crippen molar-refractivity contribution >= 4 is 17.9 Å². The summed E-state index contributed by atoms with van der Waals surface area (Å²) < 4.78 is 4.83. The van der Waals surface area contributed by atoms with E-state index in [1.165, 1.54) is 7.11 Å². The first-order valence-corrected chi connectivity index (χ1v) is 18.1. The minimum Gasteiger partial charge on any atom is -0.453 e. The van der Waals surface area contributed by atoms with Crippen molar-refractivity contribution in [1.29, 1.82) is 0 Å². The van der Waals surface area contributed by atoms with E-state index < -0.39 is 47.1 Å². The first-order valence-electron chi connectivity index (χ1n) is 18.1. The Labute approximate surface area is 311 Å². The van der Waals surface area contributed by atoms with E-state index >= 15 is 0 Å². The fourth-order valence-electron chi connectivity index (χ4n) is 7.67. The summed E-state index contributed by atoms with van der Waals surface area (Å²) in [5.41, 5.74) is 6.56. The minimum atomic E-state index is -1.25. The predicted octanol–water partition coefficient (Wildman–Crippen LogP) is 4.83. The van der Waals surface area contributed by atoms with Crippen LogP contribution in [0.25, 0.3) is 11.3 Å². The van der Waals surface area contributed by atoms with Crippen LogP contribution < -0.4 is 10.7 Å². The molecule has 1 fully saturated rings. The number of hydrazine groups is 1. The molecule has 5 atom stereocenters. The maximum absolute atomic E-state index is 14.8. The molecular formula is C42H49N5O6. The number of ether oxygens (including phenoxy) is 1. The second kappa shape index (κ2) is 15.9. The number of carbonyl (C=O) groups is 3. The zero-order valence-corrected chi connectivity index (χ0v) is 30.7. The molecule has 3 aromatic carbocycles. The van der Waals surface area contributed by atoms with Crippen LogP contribution in [0.1, 0.15) is 55.5 Å². The Bertz CT molecular complexity index is 1880. The molecule has 6 rings (SSSR count). The van der Waals surface area contributed by atoms with Gasteiger partial charge in [0.1, 0.15) is 6.04 Å². The number of rotatable bonds is 12. The number of methoxy groups -OCH3 is 1. The van der Waals surface area contributed by atoms with Crippen molar-refractivity contribution in [3.63, 3.8) is 0 Å². The third kappa shape index (κ3) is 8.27. The third-order valence-corrected chi connectivity index (χ3v) is 10.5. The maximum atomic E-state index is 14.8. The van der Waals surface area contributed by atoms with Crippen LogP contribution in [-0.4, -0.2) is 81.5 Å². The van der Waals surface area contributed by atoms with E-state index in [0.717, 1.165) is 33.5 Å². The number of alkyl carbamates (subject to hydrolysis) is 1. The molecule has 0 spiro atoms. The van der Waals surface area contributed by atoms with Gasteiger partial charge in [-0.05, 0) is 52.6 Å². The SMILES string of the molecule is COC(=O)N[C@H](C(=O)NN(CC[C@@]1(Cc2ccccc2)C(=O)N([C@H]2c3ccccc3C[C@H]2O)C[C@@H]1O)Cc1ccc(-c2ccccn2)cc1)C(C)(C)C. The van der Waals surface area contributed by atoms with Gasteiger partial charge in [0.15, 0.2) is 0 Å². The zero-order chi connectivity index (χ0) is 37.8. The number of fused-ring (bicyclic) bond motifs is 1. The summed E-state index contributed by atoms with van der Waals surface area (Å²) in [6.07, 6.45) is 0.0651. The topological polar surface area (TPSA) is 144 Å². The summed E-state index contributed by atoms with van der Waals surface area (Å²) in [4.78, 5) is 47.2. The first kappa shape index (κ1) is 37.7. The Morgan fingerprint density at radius 2 is 1.66 bits per heavy atom. The number of likely N-dealkylation sites (tertiary alicyclic amines) is 1. The van der Waals surface area contributed by atoms with Gasteiger partial charge in [-0.2, -0.15) is 0 Å². The number of amides is 3. The van der Waals surface area contributed by atoms with Crippen molar-refractivity contribution in [3.8, 4) is 11.3 Å². The summed E-state index contributed by atoms with van der Waals surface area (Å²) in [5, 5.41) is 27.6. The van der Waals surface area contributed by atoms with Crippen molar-refractivity contribution in [3.05, 3.63) is 126 Å². The molecular weight excluding hydrogens is 670 g/mol. The lowest BCUT2D eigenvalue weighted by Crippen LogP contribution is -2.57. The van der Waals surface area contributed by atoms with E-state index in [1.807, 2.05) is 118 Å². The fourth-order valence-corrected chi connectivity index (χ4v) is 7.67. The fraction of sp³-hybridized carbons (Fsp3) is 0.381. The lowest BCUT2D eigenvalue weighted by molar-refractivity contribution is -0.142. The van der Waals surface area contributed by atoms with Crippen LogP contribution >= 0.6 is 0 Å². The van der Waals surface area contributed by atoms with Crippen LogP contribution in [0.15, 0.2) is 103 Å². The van der Waals surface area contributed by atoms with Gasteiger partial charge in [-0.3, -0.25) is 20.0 Å². The number of carbonyl (C=O) groups excluding carboxylic acids is 3. The van der Waals surface area contributed by atoms with Crippen LogP contribution in [0.4, 0.5) is 4.79 Å². The maximum Gasteiger partial charge on any atom is 0.407 e. The van der Waals surface area contributed by atoms with E-state index in [1.54, 1.807) is 16.1 Å².